The Morgan fingerprint density at radius 3 is 2.25 bits per heavy atom. The van der Waals surface area contributed by atoms with Crippen molar-refractivity contribution >= 4 is 0 Å². The third-order valence-corrected chi connectivity index (χ3v) is 3.03. The van der Waals surface area contributed by atoms with Gasteiger partial charge in [-0.1, -0.05) is 18.2 Å². The Bertz CT molecular complexity index is 335. The molecule has 0 saturated carbocycles. The van der Waals surface area contributed by atoms with Gasteiger partial charge in [0, 0.05) is 14.2 Å². The van der Waals surface area contributed by atoms with Crippen molar-refractivity contribution in [3.05, 3.63) is 34.9 Å². The fourth-order valence-electron chi connectivity index (χ4n) is 1.92. The van der Waals surface area contributed by atoms with Crippen LogP contribution in [0.2, 0.25) is 0 Å². The maximum atomic E-state index is 5.32. The summed E-state index contributed by atoms with van der Waals surface area (Å²) in [6.07, 6.45) is -0.273. The lowest BCUT2D eigenvalue weighted by molar-refractivity contribution is -0.123. The molecule has 0 aliphatic rings. The molecule has 0 saturated heterocycles. The van der Waals surface area contributed by atoms with Gasteiger partial charge in [-0.25, -0.2) is 0 Å². The normalized spacial score (nSPS) is 13.1. The van der Waals surface area contributed by atoms with Gasteiger partial charge in [-0.15, -0.1) is 0 Å². The highest BCUT2D eigenvalue weighted by atomic mass is 16.7. The van der Waals surface area contributed by atoms with Crippen molar-refractivity contribution < 1.29 is 9.47 Å². The molecule has 0 aliphatic heterocycles. The Balaban J connectivity index is 3.07. The molecule has 1 aromatic rings. The van der Waals surface area contributed by atoms with E-state index in [4.69, 9.17) is 9.47 Å². The van der Waals surface area contributed by atoms with Crippen LogP contribution in [0.1, 0.15) is 22.7 Å². The van der Waals surface area contributed by atoms with Crippen LogP contribution < -0.4 is 5.32 Å². The smallest absolute Gasteiger partial charge is 0.176 e. The zero-order valence-electron chi connectivity index (χ0n) is 10.7. The third-order valence-electron chi connectivity index (χ3n) is 3.03. The van der Waals surface area contributed by atoms with Gasteiger partial charge in [-0.2, -0.15) is 0 Å². The lowest BCUT2D eigenvalue weighted by Gasteiger charge is -2.26. The van der Waals surface area contributed by atoms with Crippen molar-refractivity contribution in [3.8, 4) is 0 Å². The Kier molecular flexibility index (Phi) is 4.93. The Morgan fingerprint density at radius 1 is 1.12 bits per heavy atom. The van der Waals surface area contributed by atoms with Crippen LogP contribution in [0.25, 0.3) is 0 Å². The maximum absolute atomic E-state index is 5.32. The zero-order valence-corrected chi connectivity index (χ0v) is 10.7. The first-order valence-corrected chi connectivity index (χ1v) is 5.44. The van der Waals surface area contributed by atoms with E-state index in [9.17, 15) is 0 Å². The van der Waals surface area contributed by atoms with Crippen LogP contribution in [0.15, 0.2) is 18.2 Å². The van der Waals surface area contributed by atoms with Gasteiger partial charge in [0.1, 0.15) is 0 Å². The number of aryl methyl sites for hydroxylation is 1. The Labute approximate surface area is 97.8 Å². The molecule has 0 aliphatic carbocycles. The molecule has 0 radical (unpaired) electrons. The van der Waals surface area contributed by atoms with Crippen LogP contribution in [-0.2, 0) is 9.47 Å². The molecule has 0 aromatic heterocycles. The Morgan fingerprint density at radius 2 is 1.75 bits per heavy atom. The SMILES string of the molecule is CNC(c1cccc(C)c1C)C(OC)OC. The minimum Gasteiger partial charge on any atom is -0.354 e. The molecule has 1 atom stereocenters. The summed E-state index contributed by atoms with van der Waals surface area (Å²) in [5, 5.41) is 3.24. The van der Waals surface area contributed by atoms with Gasteiger partial charge in [-0.05, 0) is 37.6 Å². The van der Waals surface area contributed by atoms with E-state index in [2.05, 4.69) is 37.4 Å². The first-order valence-electron chi connectivity index (χ1n) is 5.44. The van der Waals surface area contributed by atoms with Crippen LogP contribution in [-0.4, -0.2) is 27.6 Å². The van der Waals surface area contributed by atoms with Gasteiger partial charge < -0.3 is 14.8 Å². The van der Waals surface area contributed by atoms with E-state index in [0.29, 0.717) is 0 Å². The molecule has 0 amide bonds. The third kappa shape index (κ3) is 2.61. The molecule has 0 fully saturated rings. The number of methoxy groups -OCH3 is 2. The predicted octanol–water partition coefficient (Wildman–Crippen LogP) is 2.18. The molecule has 16 heavy (non-hydrogen) atoms. The largest absolute Gasteiger partial charge is 0.354 e. The van der Waals surface area contributed by atoms with E-state index in [1.165, 1.54) is 16.7 Å². The van der Waals surface area contributed by atoms with E-state index in [0.717, 1.165) is 0 Å². The molecule has 3 heteroatoms. The summed E-state index contributed by atoms with van der Waals surface area (Å²) < 4.78 is 10.6. The van der Waals surface area contributed by atoms with Crippen molar-refractivity contribution in [3.63, 3.8) is 0 Å². The number of ether oxygens (including phenoxy) is 2. The van der Waals surface area contributed by atoms with E-state index in [1.807, 2.05) is 7.05 Å². The average Bonchev–Trinajstić information content (AvgIpc) is 2.30. The van der Waals surface area contributed by atoms with Crippen molar-refractivity contribution in [2.75, 3.05) is 21.3 Å². The fourth-order valence-corrected chi connectivity index (χ4v) is 1.92. The molecule has 1 N–H and O–H groups in total. The maximum Gasteiger partial charge on any atom is 0.176 e. The van der Waals surface area contributed by atoms with Crippen LogP contribution in [0.3, 0.4) is 0 Å². The number of rotatable bonds is 5. The van der Waals surface area contributed by atoms with Crippen molar-refractivity contribution in [2.45, 2.75) is 26.2 Å². The number of hydrogen-bond donors (Lipinski definition) is 1. The second-order valence-electron chi connectivity index (χ2n) is 3.90. The summed E-state index contributed by atoms with van der Waals surface area (Å²) in [4.78, 5) is 0. The standard InChI is InChI=1S/C13H21NO2/c1-9-7-6-8-11(10(9)2)12(14-3)13(15-4)16-5/h6-8,12-14H,1-5H3. The second-order valence-corrected chi connectivity index (χ2v) is 3.90. The minimum atomic E-state index is -0.273. The highest BCUT2D eigenvalue weighted by molar-refractivity contribution is 5.35. The molecule has 90 valence electrons. The highest BCUT2D eigenvalue weighted by Gasteiger charge is 2.22. The first-order chi connectivity index (χ1) is 7.65. The molecule has 1 unspecified atom stereocenters. The number of likely N-dealkylation sites (N-methyl/N-ethyl adjacent to an activating group) is 1. The summed E-state index contributed by atoms with van der Waals surface area (Å²) in [6, 6.07) is 6.33. The van der Waals surface area contributed by atoms with Gasteiger partial charge in [0.25, 0.3) is 0 Å². The van der Waals surface area contributed by atoms with Crippen molar-refractivity contribution in [1.82, 2.24) is 5.32 Å². The lowest BCUT2D eigenvalue weighted by atomic mass is 9.97. The summed E-state index contributed by atoms with van der Waals surface area (Å²) >= 11 is 0. The van der Waals surface area contributed by atoms with E-state index < -0.39 is 0 Å². The van der Waals surface area contributed by atoms with Gasteiger partial charge >= 0.3 is 0 Å². The van der Waals surface area contributed by atoms with E-state index in [1.54, 1.807) is 14.2 Å². The average molecular weight is 223 g/mol. The molecule has 1 rings (SSSR count). The van der Waals surface area contributed by atoms with E-state index in [-0.39, 0.29) is 12.3 Å². The molecule has 0 heterocycles. The summed E-state index contributed by atoms with van der Waals surface area (Å²) in [5.74, 6) is 0. The van der Waals surface area contributed by atoms with Crippen LogP contribution in [0.4, 0.5) is 0 Å². The molecular weight excluding hydrogens is 202 g/mol. The van der Waals surface area contributed by atoms with Gasteiger partial charge in [0.2, 0.25) is 0 Å². The summed E-state index contributed by atoms with van der Waals surface area (Å²) in [5.41, 5.74) is 3.78. The number of benzene rings is 1. The summed E-state index contributed by atoms with van der Waals surface area (Å²) in [7, 11) is 5.23. The van der Waals surface area contributed by atoms with Crippen LogP contribution >= 0.6 is 0 Å². The van der Waals surface area contributed by atoms with E-state index >= 15 is 0 Å². The van der Waals surface area contributed by atoms with Gasteiger partial charge in [-0.3, -0.25) is 0 Å². The Hall–Kier alpha value is -0.900. The minimum absolute atomic E-state index is 0.0508. The molecule has 0 spiro atoms. The van der Waals surface area contributed by atoms with Crippen molar-refractivity contribution in [2.24, 2.45) is 0 Å². The molecular formula is C13H21NO2. The first kappa shape index (κ1) is 13.2. The lowest BCUT2D eigenvalue weighted by Crippen LogP contribution is -2.33. The number of nitrogens with one attached hydrogen (secondary N) is 1. The number of hydrogen-bond acceptors (Lipinski definition) is 3. The monoisotopic (exact) mass is 223 g/mol. The summed E-state index contributed by atoms with van der Waals surface area (Å²) in [6.45, 7) is 4.23. The van der Waals surface area contributed by atoms with Crippen molar-refractivity contribution in [1.29, 1.82) is 0 Å². The quantitative estimate of drug-likeness (QED) is 0.776. The predicted molar refractivity (Wildman–Crippen MR) is 65.5 cm³/mol. The van der Waals surface area contributed by atoms with Crippen LogP contribution in [0.5, 0.6) is 0 Å². The highest BCUT2D eigenvalue weighted by Crippen LogP contribution is 2.24. The molecule has 0 bridgehead atoms. The van der Waals surface area contributed by atoms with Gasteiger partial charge in [0.15, 0.2) is 6.29 Å². The van der Waals surface area contributed by atoms with Crippen LogP contribution in [0, 0.1) is 13.8 Å². The molecule has 1 aromatic carbocycles. The topological polar surface area (TPSA) is 30.5 Å². The van der Waals surface area contributed by atoms with Gasteiger partial charge in [0.05, 0.1) is 6.04 Å². The fraction of sp³-hybridized carbons (Fsp3) is 0.538. The molecule has 3 nitrogen and oxygen atoms in total. The second kappa shape index (κ2) is 5.99. The zero-order chi connectivity index (χ0) is 12.1.